The Bertz CT molecular complexity index is 515. The molecule has 0 aliphatic carbocycles. The molecule has 0 amide bonds. The Kier molecular flexibility index (Phi) is 5.62. The highest BCUT2D eigenvalue weighted by atomic mass is 32.1. The van der Waals surface area contributed by atoms with Crippen molar-refractivity contribution in [3.63, 3.8) is 0 Å². The fourth-order valence-electron chi connectivity index (χ4n) is 2.39. The van der Waals surface area contributed by atoms with Gasteiger partial charge in [-0.3, -0.25) is 0 Å². The molecule has 0 radical (unpaired) electrons. The highest BCUT2D eigenvalue weighted by Gasteiger charge is 2.03. The van der Waals surface area contributed by atoms with E-state index in [9.17, 15) is 0 Å². The quantitative estimate of drug-likeness (QED) is 0.528. The summed E-state index contributed by atoms with van der Waals surface area (Å²) in [6.07, 6.45) is 5.66. The summed E-state index contributed by atoms with van der Waals surface area (Å²) in [5.41, 5.74) is 1.38. The first-order chi connectivity index (χ1) is 9.33. The minimum atomic E-state index is 0.782. The zero-order valence-corrected chi connectivity index (χ0v) is 12.5. The smallest absolute Gasteiger partial charge is 0.0342 e. The summed E-state index contributed by atoms with van der Waals surface area (Å²) in [7, 11) is 0. The fraction of sp³-hybridized carbons (Fsp3) is 0.412. The molecule has 1 aromatic carbocycles. The average Bonchev–Trinajstić information content (AvgIpc) is 2.89. The topological polar surface area (TPSA) is 12.0 Å². The van der Waals surface area contributed by atoms with Gasteiger partial charge in [0.25, 0.3) is 0 Å². The minimum absolute atomic E-state index is 0.782. The van der Waals surface area contributed by atoms with E-state index in [-0.39, 0.29) is 0 Å². The van der Waals surface area contributed by atoms with Gasteiger partial charge in [-0.1, -0.05) is 25.5 Å². The molecule has 1 aromatic heterocycles. The van der Waals surface area contributed by atoms with Gasteiger partial charge in [0.2, 0.25) is 0 Å². The van der Waals surface area contributed by atoms with Crippen molar-refractivity contribution in [3.8, 4) is 0 Å². The standard InChI is InChI=1S/C17H23NS/c1-3-5-14(4-2)8-10-18-13-15-6-7-17-16(12-15)9-11-19-17/h3,6-7,9,11-12,14,18H,1,4-5,8,10,13H2,2H3. The van der Waals surface area contributed by atoms with Crippen LogP contribution in [0.15, 0.2) is 42.3 Å². The Hall–Kier alpha value is -1.12. The van der Waals surface area contributed by atoms with Crippen molar-refractivity contribution in [3.05, 3.63) is 47.9 Å². The summed E-state index contributed by atoms with van der Waals surface area (Å²) in [5, 5.41) is 7.07. The lowest BCUT2D eigenvalue weighted by Crippen LogP contribution is -2.17. The predicted molar refractivity (Wildman–Crippen MR) is 86.7 cm³/mol. The van der Waals surface area contributed by atoms with Crippen molar-refractivity contribution in [1.82, 2.24) is 5.32 Å². The van der Waals surface area contributed by atoms with Crippen LogP contribution in [0.25, 0.3) is 10.1 Å². The Labute approximate surface area is 120 Å². The summed E-state index contributed by atoms with van der Waals surface area (Å²) < 4.78 is 1.38. The SMILES string of the molecule is C=CCC(CC)CCNCc1ccc2sccc2c1. The van der Waals surface area contributed by atoms with Gasteiger partial charge in [0.05, 0.1) is 0 Å². The van der Waals surface area contributed by atoms with Crippen LogP contribution >= 0.6 is 11.3 Å². The van der Waals surface area contributed by atoms with Gasteiger partial charge >= 0.3 is 0 Å². The third kappa shape index (κ3) is 4.19. The molecule has 0 aliphatic rings. The Morgan fingerprint density at radius 3 is 3.05 bits per heavy atom. The number of hydrogen-bond donors (Lipinski definition) is 1. The largest absolute Gasteiger partial charge is 0.313 e. The molecule has 1 N–H and O–H groups in total. The lowest BCUT2D eigenvalue weighted by atomic mass is 9.98. The van der Waals surface area contributed by atoms with Crippen molar-refractivity contribution in [2.75, 3.05) is 6.54 Å². The molecular formula is C17H23NS. The molecular weight excluding hydrogens is 250 g/mol. The number of thiophene rings is 1. The van der Waals surface area contributed by atoms with Gasteiger partial charge in [0.15, 0.2) is 0 Å². The lowest BCUT2D eigenvalue weighted by Gasteiger charge is -2.13. The van der Waals surface area contributed by atoms with Crippen LogP contribution in [-0.4, -0.2) is 6.54 Å². The van der Waals surface area contributed by atoms with Gasteiger partial charge in [-0.05, 0) is 59.8 Å². The normalized spacial score (nSPS) is 12.7. The van der Waals surface area contributed by atoms with Crippen molar-refractivity contribution >= 4 is 21.4 Å². The molecule has 1 nitrogen and oxygen atoms in total. The summed E-state index contributed by atoms with van der Waals surface area (Å²) >= 11 is 1.81. The van der Waals surface area contributed by atoms with Crippen molar-refractivity contribution in [1.29, 1.82) is 0 Å². The highest BCUT2D eigenvalue weighted by Crippen LogP contribution is 2.21. The molecule has 19 heavy (non-hydrogen) atoms. The van der Waals surface area contributed by atoms with E-state index in [1.807, 2.05) is 6.08 Å². The Morgan fingerprint density at radius 1 is 1.37 bits per heavy atom. The van der Waals surface area contributed by atoms with Crippen LogP contribution in [0, 0.1) is 5.92 Å². The van der Waals surface area contributed by atoms with Crippen LogP contribution in [0.1, 0.15) is 31.7 Å². The van der Waals surface area contributed by atoms with Crippen molar-refractivity contribution < 1.29 is 0 Å². The van der Waals surface area contributed by atoms with E-state index >= 15 is 0 Å². The maximum absolute atomic E-state index is 3.83. The second kappa shape index (κ2) is 7.46. The van der Waals surface area contributed by atoms with Crippen molar-refractivity contribution in [2.45, 2.75) is 32.7 Å². The number of benzene rings is 1. The molecule has 1 atom stereocenters. The number of allylic oxidation sites excluding steroid dienone is 1. The van der Waals surface area contributed by atoms with Crippen LogP contribution in [0.4, 0.5) is 0 Å². The van der Waals surface area contributed by atoms with Gasteiger partial charge in [-0.2, -0.15) is 0 Å². The van der Waals surface area contributed by atoms with E-state index in [1.165, 1.54) is 28.5 Å². The van der Waals surface area contributed by atoms with E-state index in [4.69, 9.17) is 0 Å². The molecule has 0 fully saturated rings. The van der Waals surface area contributed by atoms with Gasteiger partial charge in [0.1, 0.15) is 0 Å². The zero-order valence-electron chi connectivity index (χ0n) is 11.7. The first kappa shape index (κ1) is 14.3. The molecule has 2 rings (SSSR count). The molecule has 0 aliphatic heterocycles. The monoisotopic (exact) mass is 273 g/mol. The number of nitrogens with one attached hydrogen (secondary N) is 1. The molecule has 102 valence electrons. The molecule has 2 aromatic rings. The maximum atomic E-state index is 3.83. The molecule has 2 heteroatoms. The van der Waals surface area contributed by atoms with Gasteiger partial charge in [0, 0.05) is 11.2 Å². The van der Waals surface area contributed by atoms with E-state index in [1.54, 1.807) is 11.3 Å². The van der Waals surface area contributed by atoms with Crippen LogP contribution in [0.3, 0.4) is 0 Å². The number of hydrogen-bond acceptors (Lipinski definition) is 2. The summed E-state index contributed by atoms with van der Waals surface area (Å²) in [6.45, 7) is 8.15. The molecule has 0 saturated carbocycles. The molecule has 0 saturated heterocycles. The van der Waals surface area contributed by atoms with E-state index < -0.39 is 0 Å². The third-order valence-corrected chi connectivity index (χ3v) is 4.55. The van der Waals surface area contributed by atoms with E-state index in [2.05, 4.69) is 48.5 Å². The minimum Gasteiger partial charge on any atom is -0.313 e. The summed E-state index contributed by atoms with van der Waals surface area (Å²) in [4.78, 5) is 0. The van der Waals surface area contributed by atoms with Gasteiger partial charge in [-0.25, -0.2) is 0 Å². The Morgan fingerprint density at radius 2 is 2.26 bits per heavy atom. The van der Waals surface area contributed by atoms with Crippen LogP contribution in [0.5, 0.6) is 0 Å². The predicted octanol–water partition coefficient (Wildman–Crippen LogP) is 4.98. The molecule has 0 spiro atoms. The molecule has 1 heterocycles. The summed E-state index contributed by atoms with van der Waals surface area (Å²) in [6, 6.07) is 8.94. The molecule has 0 bridgehead atoms. The lowest BCUT2D eigenvalue weighted by molar-refractivity contribution is 0.456. The van der Waals surface area contributed by atoms with Crippen LogP contribution < -0.4 is 5.32 Å². The second-order valence-electron chi connectivity index (χ2n) is 5.06. The van der Waals surface area contributed by atoms with E-state index in [0.29, 0.717) is 0 Å². The van der Waals surface area contributed by atoms with Crippen LogP contribution in [-0.2, 0) is 6.54 Å². The fourth-order valence-corrected chi connectivity index (χ4v) is 3.16. The van der Waals surface area contributed by atoms with Crippen molar-refractivity contribution in [2.24, 2.45) is 5.92 Å². The second-order valence-corrected chi connectivity index (χ2v) is 6.00. The van der Waals surface area contributed by atoms with Crippen LogP contribution in [0.2, 0.25) is 0 Å². The number of rotatable bonds is 8. The third-order valence-electron chi connectivity index (χ3n) is 3.65. The Balaban J connectivity index is 1.77. The first-order valence-electron chi connectivity index (χ1n) is 7.11. The number of fused-ring (bicyclic) bond motifs is 1. The van der Waals surface area contributed by atoms with Gasteiger partial charge in [-0.15, -0.1) is 17.9 Å². The summed E-state index contributed by atoms with van der Waals surface area (Å²) in [5.74, 6) is 0.782. The highest BCUT2D eigenvalue weighted by molar-refractivity contribution is 7.17. The molecule has 1 unspecified atom stereocenters. The first-order valence-corrected chi connectivity index (χ1v) is 7.99. The van der Waals surface area contributed by atoms with E-state index in [0.717, 1.165) is 25.4 Å². The maximum Gasteiger partial charge on any atom is 0.0342 e. The zero-order chi connectivity index (χ0) is 13.5. The average molecular weight is 273 g/mol. The van der Waals surface area contributed by atoms with Gasteiger partial charge < -0.3 is 5.32 Å².